The molecule has 2 N–H and O–H groups in total. The predicted octanol–water partition coefficient (Wildman–Crippen LogP) is 3.16. The number of nitrogens with zero attached hydrogens (tertiary/aromatic N) is 1. The van der Waals surface area contributed by atoms with Gasteiger partial charge in [-0.1, -0.05) is 55.1 Å². The Kier molecular flexibility index (Phi) is 5.75. The zero-order valence-electron chi connectivity index (χ0n) is 17.0. The Morgan fingerprint density at radius 1 is 1.06 bits per heavy atom. The molecule has 2 amide bonds. The van der Waals surface area contributed by atoms with E-state index in [-0.39, 0.29) is 31.3 Å². The fourth-order valence-electron chi connectivity index (χ4n) is 4.18. The molecule has 0 aromatic heterocycles. The number of likely N-dealkylation sites (tertiary alicyclic amines) is 1. The zero-order valence-corrected chi connectivity index (χ0v) is 17.0. The van der Waals surface area contributed by atoms with E-state index in [9.17, 15) is 14.4 Å². The number of carbonyl (C=O) groups excluding carboxylic acids is 2. The van der Waals surface area contributed by atoms with Crippen LogP contribution in [0, 0.1) is 0 Å². The number of nitrogens with one attached hydrogen (secondary N) is 1. The first-order chi connectivity index (χ1) is 14.9. The highest BCUT2D eigenvalue weighted by Crippen LogP contribution is 2.44. The van der Waals surface area contributed by atoms with E-state index in [4.69, 9.17) is 9.84 Å². The Balaban J connectivity index is 1.42. The van der Waals surface area contributed by atoms with E-state index in [1.54, 1.807) is 4.90 Å². The predicted molar refractivity (Wildman–Crippen MR) is 115 cm³/mol. The van der Waals surface area contributed by atoms with E-state index in [2.05, 4.69) is 24.0 Å². The van der Waals surface area contributed by atoms with Crippen LogP contribution in [0.3, 0.4) is 0 Å². The van der Waals surface area contributed by atoms with Gasteiger partial charge in [0, 0.05) is 25.4 Å². The molecule has 0 bridgehead atoms. The Hall–Kier alpha value is -3.61. The van der Waals surface area contributed by atoms with Crippen LogP contribution >= 0.6 is 0 Å². The molecule has 160 valence electrons. The third kappa shape index (κ3) is 4.30. The minimum absolute atomic E-state index is 0.00133. The first kappa shape index (κ1) is 20.7. The molecule has 1 fully saturated rings. The molecule has 1 atom stereocenters. The summed E-state index contributed by atoms with van der Waals surface area (Å²) in [6, 6.07) is 15.1. The summed E-state index contributed by atoms with van der Waals surface area (Å²) >= 11 is 0. The number of benzene rings is 2. The summed E-state index contributed by atoms with van der Waals surface area (Å²) in [6.45, 7) is 4.77. The summed E-state index contributed by atoms with van der Waals surface area (Å²) in [5, 5.41) is 11.5. The second kappa shape index (κ2) is 8.63. The highest BCUT2D eigenvalue weighted by Gasteiger charge is 2.33. The molecule has 4 rings (SSSR count). The number of carbonyl (C=O) groups is 3. The number of carboxylic acid groups (broad SMARTS) is 1. The molecule has 0 spiro atoms. The summed E-state index contributed by atoms with van der Waals surface area (Å²) in [6.07, 6.45) is -0.958. The number of hydrogen-bond donors (Lipinski definition) is 2. The third-order valence-corrected chi connectivity index (χ3v) is 5.72. The lowest BCUT2D eigenvalue weighted by molar-refractivity contribution is -0.138. The molecule has 2 aromatic carbocycles. The van der Waals surface area contributed by atoms with E-state index in [1.165, 1.54) is 0 Å². The summed E-state index contributed by atoms with van der Waals surface area (Å²) < 4.78 is 5.49. The number of ether oxygens (including phenoxy) is 1. The molecular weight excluding hydrogens is 396 g/mol. The summed E-state index contributed by atoms with van der Waals surface area (Å²) in [5.74, 6) is -1.44. The van der Waals surface area contributed by atoms with Gasteiger partial charge in [0.2, 0.25) is 5.91 Å². The third-order valence-electron chi connectivity index (χ3n) is 5.72. The summed E-state index contributed by atoms with van der Waals surface area (Å²) in [4.78, 5) is 37.6. The molecule has 7 heteroatoms. The van der Waals surface area contributed by atoms with Crippen molar-refractivity contribution in [3.8, 4) is 11.1 Å². The normalized spacial score (nSPS) is 15.5. The lowest BCUT2D eigenvalue weighted by Crippen LogP contribution is -2.54. The van der Waals surface area contributed by atoms with Crippen LogP contribution < -0.4 is 5.32 Å². The Morgan fingerprint density at radius 3 is 2.19 bits per heavy atom. The van der Waals surface area contributed by atoms with Crippen molar-refractivity contribution in [2.75, 3.05) is 19.7 Å². The number of rotatable bonds is 7. The van der Waals surface area contributed by atoms with E-state index >= 15 is 0 Å². The monoisotopic (exact) mass is 420 g/mol. The number of alkyl carbamates (subject to hydrolysis) is 1. The molecule has 2 aromatic rings. The average Bonchev–Trinajstić information content (AvgIpc) is 3.06. The van der Waals surface area contributed by atoms with E-state index in [1.807, 2.05) is 36.4 Å². The van der Waals surface area contributed by atoms with Crippen LogP contribution in [0.15, 0.2) is 60.7 Å². The van der Waals surface area contributed by atoms with Gasteiger partial charge in [-0.05, 0) is 34.2 Å². The molecule has 1 aliphatic carbocycles. The first-order valence-corrected chi connectivity index (χ1v) is 10.2. The molecule has 2 aliphatic rings. The smallest absolute Gasteiger partial charge is 0.407 e. The van der Waals surface area contributed by atoms with Crippen LogP contribution in [0.1, 0.15) is 29.9 Å². The number of carboxylic acids is 1. The molecule has 0 radical (unpaired) electrons. The second-order valence-electron chi connectivity index (χ2n) is 7.90. The van der Waals surface area contributed by atoms with Crippen LogP contribution in [0.5, 0.6) is 0 Å². The van der Waals surface area contributed by atoms with E-state index < -0.39 is 18.1 Å². The van der Waals surface area contributed by atoms with Crippen LogP contribution in [-0.4, -0.2) is 53.7 Å². The molecule has 0 saturated carbocycles. The SMILES string of the molecule is C=C1CN(C(=O)C(CCC(=O)O)NC(=O)OCC2c3ccccc3-c3ccccc32)C1. The molecular formula is C24H24N2O5. The number of fused-ring (bicyclic) bond motifs is 3. The van der Waals surface area contributed by atoms with Crippen molar-refractivity contribution in [2.45, 2.75) is 24.8 Å². The Bertz CT molecular complexity index is 994. The van der Waals surface area contributed by atoms with Crippen molar-refractivity contribution in [3.63, 3.8) is 0 Å². The van der Waals surface area contributed by atoms with Crippen LogP contribution in [-0.2, 0) is 14.3 Å². The maximum atomic E-state index is 12.6. The van der Waals surface area contributed by atoms with E-state index in [0.29, 0.717) is 13.1 Å². The minimum atomic E-state index is -1.03. The summed E-state index contributed by atoms with van der Waals surface area (Å²) in [5.41, 5.74) is 5.36. The molecule has 1 saturated heterocycles. The van der Waals surface area contributed by atoms with Crippen molar-refractivity contribution >= 4 is 18.0 Å². The first-order valence-electron chi connectivity index (χ1n) is 10.2. The molecule has 1 heterocycles. The van der Waals surface area contributed by atoms with Crippen LogP contribution in [0.25, 0.3) is 11.1 Å². The topological polar surface area (TPSA) is 95.9 Å². The lowest BCUT2D eigenvalue weighted by atomic mass is 9.98. The molecule has 31 heavy (non-hydrogen) atoms. The van der Waals surface area contributed by atoms with Crippen LogP contribution in [0.4, 0.5) is 4.79 Å². The zero-order chi connectivity index (χ0) is 22.0. The quantitative estimate of drug-likeness (QED) is 0.671. The number of hydrogen-bond acceptors (Lipinski definition) is 4. The van der Waals surface area contributed by atoms with Crippen LogP contribution in [0.2, 0.25) is 0 Å². The van der Waals surface area contributed by atoms with Gasteiger partial charge in [-0.25, -0.2) is 4.79 Å². The maximum absolute atomic E-state index is 12.6. The van der Waals surface area contributed by atoms with E-state index in [0.717, 1.165) is 27.8 Å². The van der Waals surface area contributed by atoms with Crippen molar-refractivity contribution in [3.05, 3.63) is 71.8 Å². The van der Waals surface area contributed by atoms with Gasteiger partial charge in [-0.2, -0.15) is 0 Å². The molecule has 1 unspecified atom stereocenters. The van der Waals surface area contributed by atoms with Gasteiger partial charge in [-0.3, -0.25) is 9.59 Å². The molecule has 1 aliphatic heterocycles. The van der Waals surface area contributed by atoms with Gasteiger partial charge in [-0.15, -0.1) is 0 Å². The fourth-order valence-corrected chi connectivity index (χ4v) is 4.18. The van der Waals surface area contributed by atoms with Crippen molar-refractivity contribution in [1.29, 1.82) is 0 Å². The van der Waals surface area contributed by atoms with Gasteiger partial charge in [0.25, 0.3) is 0 Å². The van der Waals surface area contributed by atoms with Gasteiger partial charge in [0.05, 0.1) is 0 Å². The van der Waals surface area contributed by atoms with Gasteiger partial charge >= 0.3 is 12.1 Å². The maximum Gasteiger partial charge on any atom is 0.407 e. The van der Waals surface area contributed by atoms with Crippen molar-refractivity contribution < 1.29 is 24.2 Å². The highest BCUT2D eigenvalue weighted by atomic mass is 16.5. The Morgan fingerprint density at radius 2 is 1.65 bits per heavy atom. The molecule has 7 nitrogen and oxygen atoms in total. The highest BCUT2D eigenvalue weighted by molar-refractivity contribution is 5.87. The lowest BCUT2D eigenvalue weighted by Gasteiger charge is -2.36. The van der Waals surface area contributed by atoms with Gasteiger partial charge < -0.3 is 20.1 Å². The number of aliphatic carboxylic acids is 1. The largest absolute Gasteiger partial charge is 0.481 e. The van der Waals surface area contributed by atoms with Crippen molar-refractivity contribution in [1.82, 2.24) is 10.2 Å². The Labute approximate surface area is 180 Å². The van der Waals surface area contributed by atoms with Gasteiger partial charge in [0.15, 0.2) is 0 Å². The number of amides is 2. The van der Waals surface area contributed by atoms with Crippen molar-refractivity contribution in [2.24, 2.45) is 0 Å². The standard InChI is InChI=1S/C24H24N2O5/c1-15-12-26(13-15)23(29)21(10-11-22(27)28)25-24(30)31-14-20-18-8-4-2-6-16(18)17-7-3-5-9-19(17)20/h2-9,20-21H,1,10-14H2,(H,25,30)(H,27,28). The second-order valence-corrected chi connectivity index (χ2v) is 7.90. The van der Waals surface area contributed by atoms with Gasteiger partial charge in [0.1, 0.15) is 12.6 Å². The minimum Gasteiger partial charge on any atom is -0.481 e. The fraction of sp³-hybridized carbons (Fsp3) is 0.292. The summed E-state index contributed by atoms with van der Waals surface area (Å²) in [7, 11) is 0. The average molecular weight is 420 g/mol.